The summed E-state index contributed by atoms with van der Waals surface area (Å²) in [5, 5.41) is 3.32. The molecule has 5 heteroatoms. The van der Waals surface area contributed by atoms with Crippen LogP contribution in [0.15, 0.2) is 18.2 Å². The molecule has 0 aliphatic rings. The van der Waals surface area contributed by atoms with E-state index in [-0.39, 0.29) is 5.91 Å². The second kappa shape index (κ2) is 8.25. The lowest BCUT2D eigenvalue weighted by molar-refractivity contribution is -0.136. The van der Waals surface area contributed by atoms with Crippen molar-refractivity contribution in [2.24, 2.45) is 0 Å². The summed E-state index contributed by atoms with van der Waals surface area (Å²) in [5.41, 5.74) is -0.202. The van der Waals surface area contributed by atoms with Crippen molar-refractivity contribution < 1.29 is 14.3 Å². The Labute approximate surface area is 131 Å². The van der Waals surface area contributed by atoms with Gasteiger partial charge in [0.2, 0.25) is 0 Å². The molecule has 1 atom stereocenters. The summed E-state index contributed by atoms with van der Waals surface area (Å²) in [5.74, 6) is 0.449. The number of methoxy groups -OCH3 is 1. The minimum atomic E-state index is -0.835. The number of ether oxygens (including phenoxy) is 2. The summed E-state index contributed by atoms with van der Waals surface area (Å²) < 4.78 is 10.9. The van der Waals surface area contributed by atoms with Gasteiger partial charge in [-0.15, -0.1) is 0 Å². The third kappa shape index (κ3) is 4.90. The normalized spacial score (nSPS) is 13.6. The highest BCUT2D eigenvalue weighted by Gasteiger charge is 2.32. The van der Waals surface area contributed by atoms with Crippen LogP contribution < -0.4 is 10.1 Å². The largest absolute Gasteiger partial charge is 0.492 e. The van der Waals surface area contributed by atoms with Crippen molar-refractivity contribution in [3.05, 3.63) is 23.2 Å². The van der Waals surface area contributed by atoms with Crippen molar-refractivity contribution in [3.63, 3.8) is 0 Å². The predicted molar refractivity (Wildman–Crippen MR) is 86.2 cm³/mol. The molecule has 1 aromatic carbocycles. The Bertz CT molecular complexity index is 479. The minimum absolute atomic E-state index is 0.176. The molecular weight excluding hydrogens is 290 g/mol. The summed E-state index contributed by atoms with van der Waals surface area (Å²) in [6.45, 7) is 6.44. The van der Waals surface area contributed by atoms with Gasteiger partial charge in [0.15, 0.2) is 0 Å². The van der Waals surface area contributed by atoms with E-state index in [2.05, 4.69) is 5.32 Å². The number of hydrogen-bond acceptors (Lipinski definition) is 3. The first-order valence-corrected chi connectivity index (χ1v) is 7.63. The van der Waals surface area contributed by atoms with E-state index in [4.69, 9.17) is 21.1 Å². The van der Waals surface area contributed by atoms with Gasteiger partial charge in [0.1, 0.15) is 11.4 Å². The summed E-state index contributed by atoms with van der Waals surface area (Å²) in [6, 6.07) is 5.22. The molecule has 0 saturated carbocycles. The van der Waals surface area contributed by atoms with Crippen LogP contribution in [0.5, 0.6) is 5.75 Å². The zero-order chi connectivity index (χ0) is 15.9. The van der Waals surface area contributed by atoms with E-state index >= 15 is 0 Å². The molecule has 0 bridgehead atoms. The fraction of sp³-hybridized carbons (Fsp3) is 0.562. The molecule has 0 spiro atoms. The second-order valence-electron chi connectivity index (χ2n) is 5.13. The summed E-state index contributed by atoms with van der Waals surface area (Å²) in [4.78, 5) is 12.3. The average molecular weight is 314 g/mol. The lowest BCUT2D eigenvalue weighted by atomic mass is 9.99. The van der Waals surface area contributed by atoms with Gasteiger partial charge < -0.3 is 14.8 Å². The van der Waals surface area contributed by atoms with E-state index in [1.807, 2.05) is 13.8 Å². The molecule has 21 heavy (non-hydrogen) atoms. The fourth-order valence-electron chi connectivity index (χ4n) is 1.96. The number of rotatable bonds is 8. The van der Waals surface area contributed by atoms with Crippen molar-refractivity contribution in [1.82, 2.24) is 0 Å². The number of nitrogens with one attached hydrogen (secondary N) is 1. The van der Waals surface area contributed by atoms with Crippen LogP contribution in [0.1, 0.15) is 40.0 Å². The van der Waals surface area contributed by atoms with E-state index in [9.17, 15) is 4.79 Å². The monoisotopic (exact) mass is 313 g/mol. The highest BCUT2D eigenvalue weighted by Crippen LogP contribution is 2.28. The van der Waals surface area contributed by atoms with Gasteiger partial charge in [0.05, 0.1) is 11.6 Å². The van der Waals surface area contributed by atoms with Crippen molar-refractivity contribution in [1.29, 1.82) is 0 Å². The molecule has 1 amide bonds. The van der Waals surface area contributed by atoms with E-state index in [1.54, 1.807) is 32.2 Å². The van der Waals surface area contributed by atoms with Gasteiger partial charge in [-0.05, 0) is 38.0 Å². The minimum Gasteiger partial charge on any atom is -0.492 e. The molecule has 0 aliphatic heterocycles. The first kappa shape index (κ1) is 17.8. The number of benzene rings is 1. The van der Waals surface area contributed by atoms with Crippen LogP contribution >= 0.6 is 11.6 Å². The Morgan fingerprint density at radius 2 is 2.05 bits per heavy atom. The summed E-state index contributed by atoms with van der Waals surface area (Å²) in [6.07, 6.45) is 2.43. The highest BCUT2D eigenvalue weighted by atomic mass is 35.5. The molecule has 1 N–H and O–H groups in total. The van der Waals surface area contributed by atoms with Crippen molar-refractivity contribution in [3.8, 4) is 5.75 Å². The topological polar surface area (TPSA) is 47.6 Å². The fourth-order valence-corrected chi connectivity index (χ4v) is 2.19. The summed E-state index contributed by atoms with van der Waals surface area (Å²) in [7, 11) is 1.55. The summed E-state index contributed by atoms with van der Waals surface area (Å²) >= 11 is 6.15. The zero-order valence-corrected chi connectivity index (χ0v) is 13.9. The van der Waals surface area contributed by atoms with Crippen LogP contribution in [0.25, 0.3) is 0 Å². The molecule has 118 valence electrons. The van der Waals surface area contributed by atoms with Gasteiger partial charge in [-0.1, -0.05) is 31.9 Å². The Hall–Kier alpha value is -1.26. The van der Waals surface area contributed by atoms with Crippen LogP contribution in [0, 0.1) is 0 Å². The molecule has 0 unspecified atom stereocenters. The van der Waals surface area contributed by atoms with Gasteiger partial charge in [-0.3, -0.25) is 4.79 Å². The molecule has 4 nitrogen and oxygen atoms in total. The van der Waals surface area contributed by atoms with Crippen molar-refractivity contribution in [2.75, 3.05) is 19.0 Å². The number of carbonyl (C=O) groups is 1. The molecule has 0 aromatic heterocycles. The molecule has 0 saturated heterocycles. The van der Waals surface area contributed by atoms with Gasteiger partial charge in [-0.2, -0.15) is 0 Å². The lowest BCUT2D eigenvalue weighted by Crippen LogP contribution is -2.41. The Balaban J connectivity index is 2.79. The number of halogens is 1. The van der Waals surface area contributed by atoms with E-state index in [0.717, 1.165) is 12.8 Å². The molecule has 1 aromatic rings. The van der Waals surface area contributed by atoms with Crippen LogP contribution in [-0.4, -0.2) is 25.2 Å². The van der Waals surface area contributed by atoms with Crippen LogP contribution in [0.3, 0.4) is 0 Å². The van der Waals surface area contributed by atoms with Crippen molar-refractivity contribution in [2.45, 2.75) is 45.6 Å². The van der Waals surface area contributed by atoms with Crippen LogP contribution in [-0.2, 0) is 9.53 Å². The van der Waals surface area contributed by atoms with Crippen LogP contribution in [0.4, 0.5) is 5.69 Å². The molecule has 0 heterocycles. The maximum absolute atomic E-state index is 12.3. The molecule has 0 fully saturated rings. The van der Waals surface area contributed by atoms with E-state index < -0.39 is 5.60 Å². The van der Waals surface area contributed by atoms with Gasteiger partial charge >= 0.3 is 0 Å². The molecule has 0 radical (unpaired) electrons. The average Bonchev–Trinajstić information content (AvgIpc) is 2.46. The van der Waals surface area contributed by atoms with Crippen LogP contribution in [0.2, 0.25) is 5.02 Å². The third-order valence-corrected chi connectivity index (χ3v) is 3.60. The van der Waals surface area contributed by atoms with Gasteiger partial charge in [0, 0.05) is 12.8 Å². The van der Waals surface area contributed by atoms with Gasteiger partial charge in [-0.25, -0.2) is 0 Å². The van der Waals surface area contributed by atoms with E-state index in [1.165, 1.54) is 0 Å². The maximum atomic E-state index is 12.3. The molecular formula is C16H24ClNO3. The standard InChI is InChI=1S/C16H24ClNO3/c1-5-9-16(3,20-4)15(19)18-12-7-8-14(13(17)11-12)21-10-6-2/h7-8,11H,5-6,9-10H2,1-4H3,(H,18,19)/t16-/m1/s1. The first-order valence-electron chi connectivity index (χ1n) is 7.25. The Morgan fingerprint density at radius 3 is 2.57 bits per heavy atom. The number of hydrogen-bond donors (Lipinski definition) is 1. The lowest BCUT2D eigenvalue weighted by Gasteiger charge is -2.26. The second-order valence-corrected chi connectivity index (χ2v) is 5.54. The Morgan fingerprint density at radius 1 is 1.33 bits per heavy atom. The quantitative estimate of drug-likeness (QED) is 0.779. The highest BCUT2D eigenvalue weighted by molar-refractivity contribution is 6.32. The molecule has 0 aliphatic carbocycles. The zero-order valence-electron chi connectivity index (χ0n) is 13.2. The number of amides is 1. The number of anilines is 1. The number of carbonyl (C=O) groups excluding carboxylic acids is 1. The maximum Gasteiger partial charge on any atom is 0.256 e. The van der Waals surface area contributed by atoms with Gasteiger partial charge in [0.25, 0.3) is 5.91 Å². The SMILES string of the molecule is CCCOc1ccc(NC(=O)[C@@](C)(CCC)OC)cc1Cl. The molecule has 1 rings (SSSR count). The Kier molecular flexibility index (Phi) is 6.99. The smallest absolute Gasteiger partial charge is 0.256 e. The predicted octanol–water partition coefficient (Wildman–Crippen LogP) is 4.27. The third-order valence-electron chi connectivity index (χ3n) is 3.31. The first-order chi connectivity index (χ1) is 9.96. The van der Waals surface area contributed by atoms with Crippen molar-refractivity contribution >= 4 is 23.2 Å². The van der Waals surface area contributed by atoms with E-state index in [0.29, 0.717) is 29.5 Å².